The van der Waals surface area contributed by atoms with Gasteiger partial charge in [0.2, 0.25) is 0 Å². The molecule has 0 amide bonds. The molecule has 2 aromatic carbocycles. The van der Waals surface area contributed by atoms with E-state index in [1.165, 1.54) is 42.2 Å². The summed E-state index contributed by atoms with van der Waals surface area (Å²) in [6.07, 6.45) is 9.23. The second kappa shape index (κ2) is 10.7. The molecule has 2 aromatic rings. The molecule has 3 heteroatoms. The lowest BCUT2D eigenvalue weighted by Crippen LogP contribution is -2.03. The first kappa shape index (κ1) is 22.4. The summed E-state index contributed by atoms with van der Waals surface area (Å²) in [6.45, 7) is 4.18. The Bertz CT molecular complexity index is 1130. The number of hydrogen-bond acceptors (Lipinski definition) is 3. The lowest BCUT2D eigenvalue weighted by molar-refractivity contribution is -0.116. The quantitative estimate of drug-likeness (QED) is 0.403. The highest BCUT2D eigenvalue weighted by molar-refractivity contribution is 8.14. The third kappa shape index (κ3) is 6.34. The SMILES string of the molecule is Cc1ccc(C2=C=C/N=C(/SCC(=O)CCCC3CC3)C=C=C2c2ccc(C)cc2)cc1. The summed E-state index contributed by atoms with van der Waals surface area (Å²) in [6, 6.07) is 16.9. The van der Waals surface area contributed by atoms with Crippen LogP contribution in [-0.4, -0.2) is 16.6 Å². The zero-order valence-corrected chi connectivity index (χ0v) is 19.7. The highest BCUT2D eigenvalue weighted by atomic mass is 32.2. The topological polar surface area (TPSA) is 29.4 Å². The van der Waals surface area contributed by atoms with Gasteiger partial charge < -0.3 is 0 Å². The lowest BCUT2D eigenvalue weighted by atomic mass is 9.92. The Morgan fingerprint density at radius 1 is 0.938 bits per heavy atom. The van der Waals surface area contributed by atoms with Crippen LogP contribution in [0.3, 0.4) is 0 Å². The van der Waals surface area contributed by atoms with Crippen LogP contribution < -0.4 is 0 Å². The average molecular weight is 440 g/mol. The standard InChI is InChI=1S/C29H29NOS/c1-21-6-12-24(13-7-21)27-16-17-29(32-20-26(31)5-3-4-23-10-11-23)30-19-18-28(27)25-14-8-22(2)9-15-25/h6-9,12-15,17,19,23H,3-5,10-11,20H2,1-2H3/b30-29+. The molecule has 1 aliphatic carbocycles. The number of benzene rings is 2. The monoisotopic (exact) mass is 439 g/mol. The summed E-state index contributed by atoms with van der Waals surface area (Å²) in [5, 5.41) is 0.792. The van der Waals surface area contributed by atoms with Crippen LogP contribution in [0.1, 0.15) is 54.4 Å². The first-order valence-corrected chi connectivity index (χ1v) is 12.4. The van der Waals surface area contributed by atoms with Gasteiger partial charge in [0.25, 0.3) is 0 Å². The van der Waals surface area contributed by atoms with Gasteiger partial charge in [-0.05, 0) is 37.3 Å². The number of thioether (sulfide) groups is 1. The van der Waals surface area contributed by atoms with E-state index in [-0.39, 0.29) is 0 Å². The molecule has 0 radical (unpaired) electrons. The molecule has 1 heterocycles. The van der Waals surface area contributed by atoms with Crippen molar-refractivity contribution in [3.63, 3.8) is 0 Å². The van der Waals surface area contributed by atoms with Crippen molar-refractivity contribution >= 4 is 33.7 Å². The second-order valence-electron chi connectivity index (χ2n) is 8.67. The van der Waals surface area contributed by atoms with E-state index in [2.05, 4.69) is 78.8 Å². The van der Waals surface area contributed by atoms with E-state index in [1.807, 2.05) is 6.08 Å². The van der Waals surface area contributed by atoms with Crippen molar-refractivity contribution in [1.29, 1.82) is 0 Å². The van der Waals surface area contributed by atoms with E-state index in [1.54, 1.807) is 6.20 Å². The Labute approximate surface area is 195 Å². The number of nitrogens with zero attached hydrogens (tertiary/aromatic N) is 1. The van der Waals surface area contributed by atoms with Crippen molar-refractivity contribution in [3.05, 3.63) is 94.5 Å². The Hall–Kier alpha value is -2.83. The molecule has 0 N–H and O–H groups in total. The highest BCUT2D eigenvalue weighted by Gasteiger charge is 2.20. The molecule has 1 aliphatic heterocycles. The maximum absolute atomic E-state index is 12.3. The number of ketones is 1. The van der Waals surface area contributed by atoms with Crippen LogP contribution in [0.25, 0.3) is 11.1 Å². The van der Waals surface area contributed by atoms with Crippen molar-refractivity contribution < 1.29 is 4.79 Å². The molecule has 32 heavy (non-hydrogen) atoms. The summed E-state index contributed by atoms with van der Waals surface area (Å²) in [5.41, 5.74) is 13.4. The van der Waals surface area contributed by atoms with Gasteiger partial charge in [0.1, 0.15) is 10.8 Å². The minimum atomic E-state index is 0.302. The average Bonchev–Trinajstić information content (AvgIpc) is 3.60. The molecule has 162 valence electrons. The molecular weight excluding hydrogens is 410 g/mol. The van der Waals surface area contributed by atoms with Crippen molar-refractivity contribution in [2.75, 3.05) is 5.75 Å². The molecule has 0 atom stereocenters. The van der Waals surface area contributed by atoms with Crippen LogP contribution in [0.2, 0.25) is 0 Å². The van der Waals surface area contributed by atoms with Gasteiger partial charge in [0, 0.05) is 23.6 Å². The normalized spacial score (nSPS) is 17.1. The van der Waals surface area contributed by atoms with Crippen molar-refractivity contribution in [3.8, 4) is 0 Å². The number of aryl methyl sites for hydroxylation is 2. The summed E-state index contributed by atoms with van der Waals surface area (Å²) in [5.74, 6) is 1.65. The fourth-order valence-corrected chi connectivity index (χ4v) is 4.39. The van der Waals surface area contributed by atoms with Gasteiger partial charge in [-0.15, -0.1) is 5.73 Å². The maximum Gasteiger partial charge on any atom is 0.143 e. The van der Waals surface area contributed by atoms with E-state index < -0.39 is 0 Å². The number of aliphatic imine (C=N–C) groups is 1. The van der Waals surface area contributed by atoms with Crippen LogP contribution >= 0.6 is 11.8 Å². The van der Waals surface area contributed by atoms with E-state index >= 15 is 0 Å². The van der Waals surface area contributed by atoms with Gasteiger partial charge in [0.15, 0.2) is 0 Å². The van der Waals surface area contributed by atoms with Gasteiger partial charge in [-0.2, -0.15) is 0 Å². The molecule has 1 fully saturated rings. The van der Waals surface area contributed by atoms with Gasteiger partial charge in [-0.25, -0.2) is 4.99 Å². The van der Waals surface area contributed by atoms with E-state index in [0.717, 1.165) is 39.7 Å². The molecule has 1 saturated carbocycles. The molecule has 2 aliphatic rings. The zero-order chi connectivity index (χ0) is 22.3. The highest BCUT2D eigenvalue weighted by Crippen LogP contribution is 2.34. The van der Waals surface area contributed by atoms with E-state index in [9.17, 15) is 4.79 Å². The Kier molecular flexibility index (Phi) is 7.45. The predicted molar refractivity (Wildman–Crippen MR) is 137 cm³/mol. The number of hydrogen-bond donors (Lipinski definition) is 0. The van der Waals surface area contributed by atoms with Gasteiger partial charge in [-0.1, -0.05) is 96.4 Å². The first-order valence-electron chi connectivity index (χ1n) is 11.4. The third-order valence-corrected chi connectivity index (χ3v) is 6.80. The van der Waals surface area contributed by atoms with Crippen LogP contribution in [0.15, 0.2) is 77.3 Å². The molecule has 0 unspecified atom stereocenters. The third-order valence-electron chi connectivity index (χ3n) is 5.82. The molecule has 0 bridgehead atoms. The zero-order valence-electron chi connectivity index (χ0n) is 18.9. The Morgan fingerprint density at radius 3 is 2.12 bits per heavy atom. The second-order valence-corrected chi connectivity index (χ2v) is 9.67. The van der Waals surface area contributed by atoms with Crippen LogP contribution in [-0.2, 0) is 4.79 Å². The van der Waals surface area contributed by atoms with Crippen LogP contribution in [0.4, 0.5) is 0 Å². The summed E-state index contributed by atoms with van der Waals surface area (Å²) in [4.78, 5) is 16.8. The Balaban J connectivity index is 1.57. The van der Waals surface area contributed by atoms with Crippen molar-refractivity contribution in [2.24, 2.45) is 10.9 Å². The van der Waals surface area contributed by atoms with Gasteiger partial charge in [-0.3, -0.25) is 4.79 Å². The summed E-state index contributed by atoms with van der Waals surface area (Å²) < 4.78 is 0. The largest absolute Gasteiger partial charge is 0.299 e. The summed E-state index contributed by atoms with van der Waals surface area (Å²) >= 11 is 1.49. The van der Waals surface area contributed by atoms with E-state index in [4.69, 9.17) is 0 Å². The molecule has 2 nitrogen and oxygen atoms in total. The minimum Gasteiger partial charge on any atom is -0.299 e. The van der Waals surface area contributed by atoms with Crippen molar-refractivity contribution in [2.45, 2.75) is 46.0 Å². The first-order chi connectivity index (χ1) is 15.6. The number of Topliss-reactive ketones (excluding diaryl/α,β-unsaturated/α-hetero) is 1. The van der Waals surface area contributed by atoms with Crippen LogP contribution in [0, 0.1) is 19.8 Å². The molecule has 0 aromatic heterocycles. The molecular formula is C29H29NOS. The smallest absolute Gasteiger partial charge is 0.143 e. The molecule has 4 rings (SSSR count). The fraction of sp³-hybridized carbons (Fsp3) is 0.310. The van der Waals surface area contributed by atoms with E-state index in [0.29, 0.717) is 18.0 Å². The Morgan fingerprint density at radius 2 is 1.53 bits per heavy atom. The predicted octanol–water partition coefficient (Wildman–Crippen LogP) is 7.33. The van der Waals surface area contributed by atoms with Crippen molar-refractivity contribution in [1.82, 2.24) is 0 Å². The number of carbonyl (C=O) groups excluding carboxylic acids is 1. The van der Waals surface area contributed by atoms with Gasteiger partial charge >= 0.3 is 0 Å². The number of carbonyl (C=O) groups is 1. The van der Waals surface area contributed by atoms with Gasteiger partial charge in [0.05, 0.1) is 12.0 Å². The molecule has 0 spiro atoms. The molecule has 0 saturated heterocycles. The van der Waals surface area contributed by atoms with Crippen LogP contribution in [0.5, 0.6) is 0 Å². The summed E-state index contributed by atoms with van der Waals surface area (Å²) in [7, 11) is 0. The lowest BCUT2D eigenvalue weighted by Gasteiger charge is -2.11. The minimum absolute atomic E-state index is 0.302. The number of rotatable bonds is 8. The maximum atomic E-state index is 12.3. The fourth-order valence-electron chi connectivity index (χ4n) is 3.67. The number of allylic oxidation sites excluding steroid dienone is 1.